The number of hydrogen-bond acceptors (Lipinski definition) is 3. The van der Waals surface area contributed by atoms with Gasteiger partial charge in [0, 0.05) is 13.2 Å². The molecule has 0 bridgehead atoms. The van der Waals surface area contributed by atoms with Gasteiger partial charge in [-0.25, -0.2) is 0 Å². The van der Waals surface area contributed by atoms with Gasteiger partial charge in [0.25, 0.3) is 0 Å². The van der Waals surface area contributed by atoms with Crippen LogP contribution in [0.1, 0.15) is 32.1 Å². The zero-order valence-electron chi connectivity index (χ0n) is 9.54. The molecule has 1 saturated heterocycles. The minimum atomic E-state index is 0.363. The van der Waals surface area contributed by atoms with Gasteiger partial charge in [0.15, 0.2) is 0 Å². The summed E-state index contributed by atoms with van der Waals surface area (Å²) < 4.78 is 11.2. The van der Waals surface area contributed by atoms with Crippen molar-refractivity contribution in [1.29, 1.82) is 0 Å². The summed E-state index contributed by atoms with van der Waals surface area (Å²) in [6.07, 6.45) is 6.90. The van der Waals surface area contributed by atoms with Gasteiger partial charge in [-0.05, 0) is 44.6 Å². The molecule has 2 aliphatic rings. The summed E-state index contributed by atoms with van der Waals surface area (Å²) in [7, 11) is 0. The van der Waals surface area contributed by atoms with E-state index in [1.807, 2.05) is 0 Å². The first-order chi connectivity index (χ1) is 7.45. The first-order valence-corrected chi connectivity index (χ1v) is 6.35. The molecule has 0 radical (unpaired) electrons. The molecule has 1 N–H and O–H groups in total. The van der Waals surface area contributed by atoms with Crippen molar-refractivity contribution in [2.75, 3.05) is 32.9 Å². The van der Waals surface area contributed by atoms with E-state index >= 15 is 0 Å². The minimum absolute atomic E-state index is 0.363. The Morgan fingerprint density at radius 3 is 2.87 bits per heavy atom. The molecule has 2 fully saturated rings. The van der Waals surface area contributed by atoms with Crippen LogP contribution in [0.25, 0.3) is 0 Å². The SMILES string of the molecule is C1CCC(COCCNCC2CC2)OC1. The van der Waals surface area contributed by atoms with Crippen LogP contribution >= 0.6 is 0 Å². The number of ether oxygens (including phenoxy) is 2. The van der Waals surface area contributed by atoms with Gasteiger partial charge in [0.1, 0.15) is 0 Å². The van der Waals surface area contributed by atoms with Crippen molar-refractivity contribution in [3.8, 4) is 0 Å². The fraction of sp³-hybridized carbons (Fsp3) is 1.00. The van der Waals surface area contributed by atoms with Crippen LogP contribution in [0.4, 0.5) is 0 Å². The zero-order chi connectivity index (χ0) is 10.3. The van der Waals surface area contributed by atoms with Gasteiger partial charge in [0.2, 0.25) is 0 Å². The Hall–Kier alpha value is -0.120. The van der Waals surface area contributed by atoms with Crippen molar-refractivity contribution in [3.63, 3.8) is 0 Å². The Labute approximate surface area is 92.5 Å². The molecular formula is C12H23NO2. The maximum atomic E-state index is 5.59. The number of nitrogens with one attached hydrogen (secondary N) is 1. The molecule has 1 saturated carbocycles. The molecule has 3 nitrogen and oxygen atoms in total. The van der Waals surface area contributed by atoms with E-state index in [1.165, 1.54) is 38.6 Å². The highest BCUT2D eigenvalue weighted by atomic mass is 16.5. The molecule has 0 spiro atoms. The lowest BCUT2D eigenvalue weighted by Gasteiger charge is -2.22. The van der Waals surface area contributed by atoms with Crippen molar-refractivity contribution in [2.24, 2.45) is 5.92 Å². The van der Waals surface area contributed by atoms with Gasteiger partial charge in [-0.2, -0.15) is 0 Å². The summed E-state index contributed by atoms with van der Waals surface area (Å²) in [5.41, 5.74) is 0. The Balaban J connectivity index is 1.37. The second-order valence-corrected chi connectivity index (χ2v) is 4.71. The molecule has 1 atom stereocenters. The summed E-state index contributed by atoms with van der Waals surface area (Å²) in [4.78, 5) is 0. The lowest BCUT2D eigenvalue weighted by atomic mass is 10.1. The Morgan fingerprint density at radius 1 is 1.20 bits per heavy atom. The zero-order valence-corrected chi connectivity index (χ0v) is 9.54. The molecule has 1 heterocycles. The van der Waals surface area contributed by atoms with Crippen molar-refractivity contribution in [2.45, 2.75) is 38.2 Å². The van der Waals surface area contributed by atoms with Crippen LogP contribution in [0.15, 0.2) is 0 Å². The number of hydrogen-bond donors (Lipinski definition) is 1. The average molecular weight is 213 g/mol. The highest BCUT2D eigenvalue weighted by Gasteiger charge is 2.20. The van der Waals surface area contributed by atoms with Gasteiger partial charge in [-0.15, -0.1) is 0 Å². The van der Waals surface area contributed by atoms with Gasteiger partial charge >= 0.3 is 0 Å². The van der Waals surface area contributed by atoms with Gasteiger partial charge in [-0.1, -0.05) is 0 Å². The van der Waals surface area contributed by atoms with Crippen molar-refractivity contribution in [1.82, 2.24) is 5.32 Å². The van der Waals surface area contributed by atoms with E-state index in [-0.39, 0.29) is 0 Å². The maximum Gasteiger partial charge on any atom is 0.0808 e. The van der Waals surface area contributed by atoms with Crippen molar-refractivity contribution >= 4 is 0 Å². The molecule has 0 aromatic rings. The van der Waals surface area contributed by atoms with E-state index in [0.717, 1.165) is 32.3 Å². The Kier molecular flexibility index (Phi) is 4.90. The predicted octanol–water partition coefficient (Wildman–Crippen LogP) is 1.57. The molecule has 88 valence electrons. The van der Waals surface area contributed by atoms with Crippen LogP contribution in [0.2, 0.25) is 0 Å². The quantitative estimate of drug-likeness (QED) is 0.651. The highest BCUT2D eigenvalue weighted by Crippen LogP contribution is 2.27. The van der Waals surface area contributed by atoms with E-state index in [1.54, 1.807) is 0 Å². The summed E-state index contributed by atoms with van der Waals surface area (Å²) in [5, 5.41) is 3.42. The Morgan fingerprint density at radius 2 is 2.13 bits per heavy atom. The van der Waals surface area contributed by atoms with Crippen LogP contribution < -0.4 is 5.32 Å². The van der Waals surface area contributed by atoms with Crippen LogP contribution in [0.5, 0.6) is 0 Å². The summed E-state index contributed by atoms with van der Waals surface area (Å²) >= 11 is 0. The molecule has 3 heteroatoms. The topological polar surface area (TPSA) is 30.5 Å². The smallest absolute Gasteiger partial charge is 0.0808 e. The molecule has 1 aliphatic carbocycles. The van der Waals surface area contributed by atoms with Crippen molar-refractivity contribution < 1.29 is 9.47 Å². The van der Waals surface area contributed by atoms with Gasteiger partial charge < -0.3 is 14.8 Å². The van der Waals surface area contributed by atoms with Crippen LogP contribution in [0.3, 0.4) is 0 Å². The average Bonchev–Trinajstić information content (AvgIpc) is 3.09. The van der Waals surface area contributed by atoms with E-state index in [4.69, 9.17) is 9.47 Å². The highest BCUT2D eigenvalue weighted by molar-refractivity contribution is 4.74. The minimum Gasteiger partial charge on any atom is -0.377 e. The monoisotopic (exact) mass is 213 g/mol. The molecule has 15 heavy (non-hydrogen) atoms. The van der Waals surface area contributed by atoms with E-state index in [2.05, 4.69) is 5.32 Å². The van der Waals surface area contributed by atoms with Gasteiger partial charge in [0.05, 0.1) is 19.3 Å². The van der Waals surface area contributed by atoms with E-state index < -0.39 is 0 Å². The van der Waals surface area contributed by atoms with E-state index in [9.17, 15) is 0 Å². The summed E-state index contributed by atoms with van der Waals surface area (Å²) in [6.45, 7) is 4.71. The third-order valence-corrected chi connectivity index (χ3v) is 3.13. The fourth-order valence-electron chi connectivity index (χ4n) is 1.93. The molecular weight excluding hydrogens is 190 g/mol. The van der Waals surface area contributed by atoms with Crippen LogP contribution in [-0.4, -0.2) is 39.0 Å². The summed E-state index contributed by atoms with van der Waals surface area (Å²) in [6, 6.07) is 0. The third-order valence-electron chi connectivity index (χ3n) is 3.13. The van der Waals surface area contributed by atoms with Crippen LogP contribution in [0, 0.1) is 5.92 Å². The lowest BCUT2D eigenvalue weighted by Crippen LogP contribution is -2.27. The van der Waals surface area contributed by atoms with Gasteiger partial charge in [-0.3, -0.25) is 0 Å². The number of rotatable bonds is 7. The first-order valence-electron chi connectivity index (χ1n) is 6.35. The third kappa shape index (κ3) is 4.96. The molecule has 2 rings (SSSR count). The normalized spacial score (nSPS) is 26.8. The molecule has 0 amide bonds. The van der Waals surface area contributed by atoms with Crippen molar-refractivity contribution in [3.05, 3.63) is 0 Å². The largest absolute Gasteiger partial charge is 0.377 e. The lowest BCUT2D eigenvalue weighted by molar-refractivity contribution is -0.0398. The first kappa shape index (κ1) is 11.4. The summed E-state index contributed by atoms with van der Waals surface area (Å²) in [5.74, 6) is 0.965. The fourth-order valence-corrected chi connectivity index (χ4v) is 1.93. The predicted molar refractivity (Wildman–Crippen MR) is 60.0 cm³/mol. The molecule has 1 aliphatic heterocycles. The molecule has 1 unspecified atom stereocenters. The second kappa shape index (κ2) is 6.46. The van der Waals surface area contributed by atoms with Crippen LogP contribution in [-0.2, 0) is 9.47 Å². The second-order valence-electron chi connectivity index (χ2n) is 4.71. The van der Waals surface area contributed by atoms with E-state index in [0.29, 0.717) is 6.10 Å². The standard InChI is InChI=1S/C12H23NO2/c1-2-7-15-12(3-1)10-14-8-6-13-9-11-4-5-11/h11-13H,1-10H2. The molecule has 0 aromatic heterocycles. The Bertz CT molecular complexity index is 165. The molecule has 0 aromatic carbocycles. The maximum absolute atomic E-state index is 5.59.